The van der Waals surface area contributed by atoms with Crippen molar-refractivity contribution < 1.29 is 0 Å². The SMILES string of the molecule is CCC(C)c1ccc(-c2nc(C)nc(CN)n2)cc1. The molecule has 0 saturated heterocycles. The van der Waals surface area contributed by atoms with Crippen molar-refractivity contribution in [1.29, 1.82) is 0 Å². The quantitative estimate of drug-likeness (QED) is 0.913. The van der Waals surface area contributed by atoms with Crippen LogP contribution in [0.3, 0.4) is 0 Å². The fourth-order valence-corrected chi connectivity index (χ4v) is 1.95. The number of rotatable bonds is 4. The third-order valence-corrected chi connectivity index (χ3v) is 3.33. The Bertz CT molecular complexity index is 549. The molecule has 0 radical (unpaired) electrons. The van der Waals surface area contributed by atoms with Gasteiger partial charge in [0, 0.05) is 5.56 Å². The zero-order valence-electron chi connectivity index (χ0n) is 11.7. The van der Waals surface area contributed by atoms with Crippen molar-refractivity contribution in [3.63, 3.8) is 0 Å². The Morgan fingerprint density at radius 1 is 1.11 bits per heavy atom. The Morgan fingerprint density at radius 2 is 1.79 bits per heavy atom. The van der Waals surface area contributed by atoms with E-state index in [4.69, 9.17) is 5.73 Å². The van der Waals surface area contributed by atoms with E-state index in [1.165, 1.54) is 5.56 Å². The van der Waals surface area contributed by atoms with Crippen molar-refractivity contribution in [2.24, 2.45) is 5.73 Å². The summed E-state index contributed by atoms with van der Waals surface area (Å²) < 4.78 is 0. The molecule has 0 saturated carbocycles. The van der Waals surface area contributed by atoms with E-state index in [2.05, 4.69) is 53.1 Å². The van der Waals surface area contributed by atoms with Crippen LogP contribution in [0.5, 0.6) is 0 Å². The molecule has 1 atom stereocenters. The van der Waals surface area contributed by atoms with Crippen LogP contribution < -0.4 is 5.73 Å². The van der Waals surface area contributed by atoms with Gasteiger partial charge in [0.2, 0.25) is 0 Å². The summed E-state index contributed by atoms with van der Waals surface area (Å²) in [5.74, 6) is 2.61. The average molecular weight is 256 g/mol. The highest BCUT2D eigenvalue weighted by atomic mass is 15.0. The van der Waals surface area contributed by atoms with Gasteiger partial charge in [0.25, 0.3) is 0 Å². The number of nitrogens with zero attached hydrogens (tertiary/aromatic N) is 3. The molecule has 4 nitrogen and oxygen atoms in total. The second-order valence-corrected chi connectivity index (χ2v) is 4.76. The molecular weight excluding hydrogens is 236 g/mol. The van der Waals surface area contributed by atoms with Gasteiger partial charge in [0.1, 0.15) is 11.6 Å². The standard InChI is InChI=1S/C15H20N4/c1-4-10(2)12-5-7-13(8-6-12)15-18-11(3)17-14(9-16)19-15/h5-8,10H,4,9,16H2,1-3H3. The minimum absolute atomic E-state index is 0.335. The molecule has 1 heterocycles. The first-order chi connectivity index (χ1) is 9.13. The van der Waals surface area contributed by atoms with Gasteiger partial charge in [-0.25, -0.2) is 15.0 Å². The Hall–Kier alpha value is -1.81. The Morgan fingerprint density at radius 3 is 2.37 bits per heavy atom. The summed E-state index contributed by atoms with van der Waals surface area (Å²) in [5, 5.41) is 0. The Labute approximate surface area is 114 Å². The maximum Gasteiger partial charge on any atom is 0.163 e. The molecule has 1 unspecified atom stereocenters. The zero-order chi connectivity index (χ0) is 13.8. The van der Waals surface area contributed by atoms with Crippen LogP contribution in [-0.2, 0) is 6.54 Å². The first-order valence-electron chi connectivity index (χ1n) is 6.66. The summed E-state index contributed by atoms with van der Waals surface area (Å²) in [5.41, 5.74) is 7.95. The monoisotopic (exact) mass is 256 g/mol. The molecule has 2 N–H and O–H groups in total. The minimum atomic E-state index is 0.335. The third-order valence-electron chi connectivity index (χ3n) is 3.33. The highest BCUT2D eigenvalue weighted by Crippen LogP contribution is 2.22. The van der Waals surface area contributed by atoms with Crippen LogP contribution in [0, 0.1) is 6.92 Å². The topological polar surface area (TPSA) is 64.7 Å². The molecule has 19 heavy (non-hydrogen) atoms. The summed E-state index contributed by atoms with van der Waals surface area (Å²) in [7, 11) is 0. The fourth-order valence-electron chi connectivity index (χ4n) is 1.95. The number of aryl methyl sites for hydroxylation is 1. The van der Waals surface area contributed by atoms with Crippen LogP contribution in [0.1, 0.15) is 43.4 Å². The lowest BCUT2D eigenvalue weighted by Gasteiger charge is -2.09. The maximum atomic E-state index is 5.59. The van der Waals surface area contributed by atoms with E-state index >= 15 is 0 Å². The molecule has 0 amide bonds. The molecule has 0 aliphatic rings. The van der Waals surface area contributed by atoms with Gasteiger partial charge in [0.15, 0.2) is 5.82 Å². The van der Waals surface area contributed by atoms with Crippen LogP contribution in [0.15, 0.2) is 24.3 Å². The van der Waals surface area contributed by atoms with Gasteiger partial charge in [-0.1, -0.05) is 38.1 Å². The van der Waals surface area contributed by atoms with Crippen LogP contribution in [0.2, 0.25) is 0 Å². The highest BCUT2D eigenvalue weighted by Gasteiger charge is 2.07. The Kier molecular flexibility index (Phi) is 4.22. The van der Waals surface area contributed by atoms with Crippen LogP contribution >= 0.6 is 0 Å². The maximum absolute atomic E-state index is 5.59. The lowest BCUT2D eigenvalue weighted by Crippen LogP contribution is -2.07. The predicted octanol–water partition coefficient (Wildman–Crippen LogP) is 2.82. The van der Waals surface area contributed by atoms with Gasteiger partial charge in [-0.15, -0.1) is 0 Å². The number of nitrogens with two attached hydrogens (primary N) is 1. The van der Waals surface area contributed by atoms with E-state index in [0.29, 0.717) is 29.9 Å². The second-order valence-electron chi connectivity index (χ2n) is 4.76. The van der Waals surface area contributed by atoms with Crippen molar-refractivity contribution >= 4 is 0 Å². The summed E-state index contributed by atoms with van der Waals surface area (Å²) in [6.07, 6.45) is 1.14. The minimum Gasteiger partial charge on any atom is -0.324 e. The molecule has 2 aromatic rings. The number of benzene rings is 1. The van der Waals surface area contributed by atoms with Crippen LogP contribution in [0.4, 0.5) is 0 Å². The normalized spacial score (nSPS) is 12.4. The molecule has 0 aliphatic heterocycles. The van der Waals surface area contributed by atoms with Crippen LogP contribution in [-0.4, -0.2) is 15.0 Å². The van der Waals surface area contributed by atoms with E-state index < -0.39 is 0 Å². The van der Waals surface area contributed by atoms with Gasteiger partial charge < -0.3 is 5.73 Å². The summed E-state index contributed by atoms with van der Waals surface area (Å²) in [6.45, 7) is 6.62. The van der Waals surface area contributed by atoms with Gasteiger partial charge >= 0.3 is 0 Å². The first kappa shape index (κ1) is 13.6. The third kappa shape index (κ3) is 3.15. The van der Waals surface area contributed by atoms with E-state index in [9.17, 15) is 0 Å². The van der Waals surface area contributed by atoms with Gasteiger partial charge in [0.05, 0.1) is 6.54 Å². The largest absolute Gasteiger partial charge is 0.324 e. The fraction of sp³-hybridized carbons (Fsp3) is 0.400. The molecule has 100 valence electrons. The highest BCUT2D eigenvalue weighted by molar-refractivity contribution is 5.55. The molecule has 0 spiro atoms. The van der Waals surface area contributed by atoms with E-state index in [-0.39, 0.29) is 0 Å². The van der Waals surface area contributed by atoms with Gasteiger partial charge in [-0.05, 0) is 24.8 Å². The van der Waals surface area contributed by atoms with E-state index in [1.807, 2.05) is 6.92 Å². The smallest absolute Gasteiger partial charge is 0.163 e. The van der Waals surface area contributed by atoms with Gasteiger partial charge in [-0.2, -0.15) is 0 Å². The number of hydrogen-bond acceptors (Lipinski definition) is 4. The summed E-state index contributed by atoms with van der Waals surface area (Å²) >= 11 is 0. The van der Waals surface area contributed by atoms with Crippen molar-refractivity contribution in [2.75, 3.05) is 0 Å². The zero-order valence-corrected chi connectivity index (χ0v) is 11.7. The molecule has 0 fully saturated rings. The molecule has 2 rings (SSSR count). The summed E-state index contributed by atoms with van der Waals surface area (Å²) in [4.78, 5) is 12.9. The van der Waals surface area contributed by atoms with E-state index in [0.717, 1.165) is 12.0 Å². The van der Waals surface area contributed by atoms with Crippen molar-refractivity contribution in [2.45, 2.75) is 39.7 Å². The average Bonchev–Trinajstić information content (AvgIpc) is 2.46. The molecular formula is C15H20N4. The molecule has 1 aromatic heterocycles. The predicted molar refractivity (Wildman–Crippen MR) is 76.6 cm³/mol. The Balaban J connectivity index is 2.34. The van der Waals surface area contributed by atoms with Gasteiger partial charge in [-0.3, -0.25) is 0 Å². The van der Waals surface area contributed by atoms with Crippen molar-refractivity contribution in [1.82, 2.24) is 15.0 Å². The lowest BCUT2D eigenvalue weighted by molar-refractivity contribution is 0.733. The molecule has 1 aromatic carbocycles. The first-order valence-corrected chi connectivity index (χ1v) is 6.66. The summed E-state index contributed by atoms with van der Waals surface area (Å²) in [6, 6.07) is 8.42. The van der Waals surface area contributed by atoms with E-state index in [1.54, 1.807) is 0 Å². The van der Waals surface area contributed by atoms with Crippen molar-refractivity contribution in [3.05, 3.63) is 41.5 Å². The number of aromatic nitrogens is 3. The molecule has 0 bridgehead atoms. The molecule has 4 heteroatoms. The number of hydrogen-bond donors (Lipinski definition) is 1. The second kappa shape index (κ2) is 5.89. The molecule has 0 aliphatic carbocycles. The lowest BCUT2D eigenvalue weighted by atomic mass is 9.97. The van der Waals surface area contributed by atoms with Crippen molar-refractivity contribution in [3.8, 4) is 11.4 Å². The van der Waals surface area contributed by atoms with Crippen LogP contribution in [0.25, 0.3) is 11.4 Å².